The monoisotopic (exact) mass is 447 g/mol. The van der Waals surface area contributed by atoms with Crippen molar-refractivity contribution in [2.75, 3.05) is 0 Å². The summed E-state index contributed by atoms with van der Waals surface area (Å²) in [7, 11) is 0. The molecule has 0 aliphatic heterocycles. The number of hydrogen-bond donors (Lipinski definition) is 0. The number of rotatable bonds is 3. The molecule has 0 aliphatic carbocycles. The van der Waals surface area contributed by atoms with Crippen molar-refractivity contribution in [1.29, 1.82) is 0 Å². The fraction of sp³-hybridized carbons (Fsp3) is 0. The minimum absolute atomic E-state index is 0.730. The van der Waals surface area contributed by atoms with Gasteiger partial charge in [-0.1, -0.05) is 109 Å². The van der Waals surface area contributed by atoms with Gasteiger partial charge in [0.15, 0.2) is 5.82 Å². The van der Waals surface area contributed by atoms with Gasteiger partial charge in [0, 0.05) is 22.2 Å². The summed E-state index contributed by atoms with van der Waals surface area (Å²) in [5.74, 6) is 0.730. The number of hydrogen-bond acceptors (Lipinski definition) is 2. The molecule has 7 rings (SSSR count). The molecule has 0 spiro atoms. The van der Waals surface area contributed by atoms with Crippen molar-refractivity contribution in [2.24, 2.45) is 0 Å². The molecule has 0 radical (unpaired) electrons. The van der Waals surface area contributed by atoms with Gasteiger partial charge in [0.05, 0.1) is 16.6 Å². The molecule has 0 bridgehead atoms. The summed E-state index contributed by atoms with van der Waals surface area (Å²) < 4.78 is 2.26. The van der Waals surface area contributed by atoms with Gasteiger partial charge in [0.1, 0.15) is 5.65 Å². The van der Waals surface area contributed by atoms with Crippen LogP contribution in [0, 0.1) is 0 Å². The van der Waals surface area contributed by atoms with Gasteiger partial charge in [-0.3, -0.25) is 4.57 Å². The Morgan fingerprint density at radius 1 is 0.514 bits per heavy atom. The smallest absolute Gasteiger partial charge is 0.162 e. The van der Waals surface area contributed by atoms with Gasteiger partial charge < -0.3 is 0 Å². The summed E-state index contributed by atoms with van der Waals surface area (Å²) in [5.41, 5.74) is 6.18. The second-order valence-corrected chi connectivity index (χ2v) is 8.68. The molecule has 2 aromatic heterocycles. The van der Waals surface area contributed by atoms with E-state index in [1.807, 2.05) is 12.1 Å². The Morgan fingerprint density at radius 2 is 1.17 bits per heavy atom. The topological polar surface area (TPSA) is 30.7 Å². The highest BCUT2D eigenvalue weighted by molar-refractivity contribution is 6.14. The molecule has 0 fully saturated rings. The van der Waals surface area contributed by atoms with Crippen LogP contribution in [0.25, 0.3) is 61.0 Å². The molecule has 0 saturated carbocycles. The first-order valence-corrected chi connectivity index (χ1v) is 11.8. The van der Waals surface area contributed by atoms with Crippen molar-refractivity contribution >= 4 is 32.7 Å². The van der Waals surface area contributed by atoms with E-state index in [0.717, 1.165) is 55.7 Å². The minimum Gasteiger partial charge on any atom is -0.294 e. The maximum atomic E-state index is 5.25. The molecule has 0 amide bonds. The lowest BCUT2D eigenvalue weighted by Gasteiger charge is -2.11. The van der Waals surface area contributed by atoms with Crippen LogP contribution in [-0.2, 0) is 0 Å². The van der Waals surface area contributed by atoms with Crippen molar-refractivity contribution in [3.63, 3.8) is 0 Å². The second-order valence-electron chi connectivity index (χ2n) is 8.68. The highest BCUT2D eigenvalue weighted by Gasteiger charge is 2.21. The molecule has 3 heteroatoms. The Labute approximate surface area is 203 Å². The molecule has 0 N–H and O–H groups in total. The van der Waals surface area contributed by atoms with E-state index in [1.165, 1.54) is 5.39 Å². The van der Waals surface area contributed by atoms with Crippen molar-refractivity contribution in [1.82, 2.24) is 14.5 Å². The Balaban J connectivity index is 1.67. The number of fused-ring (bicyclic) bond motifs is 4. The standard InChI is InChI=1S/C32H21N3/c1-3-13-23(14-4-1)30-29-27-19-9-10-21-28(27)35(24-16-5-2-6-17-24)32(29)34-31(33-30)26-20-11-15-22-12-7-8-18-25(22)26/h1-21H. The van der Waals surface area contributed by atoms with Crippen LogP contribution in [0.5, 0.6) is 0 Å². The zero-order chi connectivity index (χ0) is 23.2. The van der Waals surface area contributed by atoms with Gasteiger partial charge in [-0.15, -0.1) is 0 Å². The fourth-order valence-electron chi connectivity index (χ4n) is 5.04. The van der Waals surface area contributed by atoms with Crippen molar-refractivity contribution < 1.29 is 0 Å². The predicted molar refractivity (Wildman–Crippen MR) is 145 cm³/mol. The molecule has 0 aliphatic rings. The summed E-state index contributed by atoms with van der Waals surface area (Å²) in [6.45, 7) is 0. The summed E-state index contributed by atoms with van der Waals surface area (Å²) in [4.78, 5) is 10.5. The molecule has 3 nitrogen and oxygen atoms in total. The largest absolute Gasteiger partial charge is 0.294 e. The zero-order valence-corrected chi connectivity index (χ0v) is 19.0. The number of aromatic nitrogens is 3. The Hall–Kier alpha value is -4.76. The molecule has 0 atom stereocenters. The summed E-state index contributed by atoms with van der Waals surface area (Å²) in [5, 5.41) is 4.55. The Bertz CT molecular complexity index is 1830. The van der Waals surface area contributed by atoms with E-state index < -0.39 is 0 Å². The molecule has 7 aromatic rings. The maximum Gasteiger partial charge on any atom is 0.162 e. The van der Waals surface area contributed by atoms with Crippen molar-refractivity contribution in [3.8, 4) is 28.3 Å². The van der Waals surface area contributed by atoms with Crippen LogP contribution >= 0.6 is 0 Å². The van der Waals surface area contributed by atoms with Crippen LogP contribution in [0.2, 0.25) is 0 Å². The first kappa shape index (κ1) is 19.7. The fourth-order valence-corrected chi connectivity index (χ4v) is 5.04. The summed E-state index contributed by atoms with van der Waals surface area (Å²) in [6, 6.07) is 44.2. The highest BCUT2D eigenvalue weighted by atomic mass is 15.1. The van der Waals surface area contributed by atoms with E-state index in [-0.39, 0.29) is 0 Å². The normalized spacial score (nSPS) is 11.4. The van der Waals surface area contributed by atoms with Crippen LogP contribution in [0.1, 0.15) is 0 Å². The van der Waals surface area contributed by atoms with E-state index in [4.69, 9.17) is 9.97 Å². The van der Waals surface area contributed by atoms with Crippen LogP contribution < -0.4 is 0 Å². The number of nitrogens with zero attached hydrogens (tertiary/aromatic N) is 3. The number of benzene rings is 5. The van der Waals surface area contributed by atoms with Crippen molar-refractivity contribution in [3.05, 3.63) is 127 Å². The molecule has 35 heavy (non-hydrogen) atoms. The lowest BCUT2D eigenvalue weighted by Crippen LogP contribution is -1.99. The highest BCUT2D eigenvalue weighted by Crippen LogP contribution is 2.38. The van der Waals surface area contributed by atoms with Crippen molar-refractivity contribution in [2.45, 2.75) is 0 Å². The quantitative estimate of drug-likeness (QED) is 0.274. The molecule has 2 heterocycles. The molecule has 164 valence electrons. The van der Waals surface area contributed by atoms with Gasteiger partial charge in [-0.05, 0) is 29.0 Å². The minimum atomic E-state index is 0.730. The lowest BCUT2D eigenvalue weighted by molar-refractivity contribution is 1.11. The summed E-state index contributed by atoms with van der Waals surface area (Å²) >= 11 is 0. The van der Waals surface area contributed by atoms with Crippen LogP contribution in [-0.4, -0.2) is 14.5 Å². The van der Waals surface area contributed by atoms with E-state index in [2.05, 4.69) is 120 Å². The van der Waals surface area contributed by atoms with E-state index in [1.54, 1.807) is 0 Å². The van der Waals surface area contributed by atoms with Crippen LogP contribution in [0.3, 0.4) is 0 Å². The van der Waals surface area contributed by atoms with Gasteiger partial charge in [0.2, 0.25) is 0 Å². The third kappa shape index (κ3) is 3.13. The first-order chi connectivity index (χ1) is 17.4. The van der Waals surface area contributed by atoms with Gasteiger partial charge in [-0.2, -0.15) is 0 Å². The molecular weight excluding hydrogens is 426 g/mol. The predicted octanol–water partition coefficient (Wildman–Crippen LogP) is 8.06. The van der Waals surface area contributed by atoms with Crippen LogP contribution in [0.4, 0.5) is 0 Å². The third-order valence-corrected chi connectivity index (χ3v) is 6.61. The average Bonchev–Trinajstić information content (AvgIpc) is 3.27. The third-order valence-electron chi connectivity index (χ3n) is 6.61. The first-order valence-electron chi connectivity index (χ1n) is 11.8. The van der Waals surface area contributed by atoms with Gasteiger partial charge in [-0.25, -0.2) is 9.97 Å². The van der Waals surface area contributed by atoms with Gasteiger partial charge >= 0.3 is 0 Å². The average molecular weight is 448 g/mol. The van der Waals surface area contributed by atoms with Crippen LogP contribution in [0.15, 0.2) is 127 Å². The number of para-hydroxylation sites is 2. The lowest BCUT2D eigenvalue weighted by atomic mass is 10.0. The van der Waals surface area contributed by atoms with E-state index >= 15 is 0 Å². The Kier molecular flexibility index (Phi) is 4.46. The zero-order valence-electron chi connectivity index (χ0n) is 19.0. The Morgan fingerprint density at radius 3 is 2.00 bits per heavy atom. The molecule has 5 aromatic carbocycles. The molecular formula is C32H21N3. The second kappa shape index (κ2) is 7.93. The maximum absolute atomic E-state index is 5.25. The molecule has 0 saturated heterocycles. The SMILES string of the molecule is c1ccc(-c2nc(-c3cccc4ccccc34)nc3c2c2ccccc2n3-c2ccccc2)cc1. The summed E-state index contributed by atoms with van der Waals surface area (Å²) in [6.07, 6.45) is 0. The van der Waals surface area contributed by atoms with Gasteiger partial charge in [0.25, 0.3) is 0 Å². The molecule has 0 unspecified atom stereocenters. The van der Waals surface area contributed by atoms with E-state index in [9.17, 15) is 0 Å². The van der Waals surface area contributed by atoms with E-state index in [0.29, 0.717) is 0 Å².